The minimum atomic E-state index is -0.554. The molecule has 1 N–H and O–H groups in total. The molecule has 0 saturated heterocycles. The van der Waals surface area contributed by atoms with Gasteiger partial charge in [-0.2, -0.15) is 5.26 Å². The number of thiazole rings is 1. The van der Waals surface area contributed by atoms with Crippen LogP contribution in [0.5, 0.6) is 0 Å². The average Bonchev–Trinajstić information content (AvgIpc) is 3.44. The molecule has 8 heteroatoms. The molecule has 0 fully saturated rings. The van der Waals surface area contributed by atoms with Crippen LogP contribution in [-0.4, -0.2) is 10.9 Å². The van der Waals surface area contributed by atoms with Gasteiger partial charge in [0.15, 0.2) is 5.13 Å². The number of furan rings is 1. The molecule has 0 aliphatic carbocycles. The van der Waals surface area contributed by atoms with Crippen LogP contribution in [0.4, 0.5) is 5.13 Å². The number of hydrogen-bond acceptors (Lipinski definition) is 5. The van der Waals surface area contributed by atoms with Gasteiger partial charge < -0.3 is 4.42 Å². The molecule has 0 unspecified atom stereocenters. The Morgan fingerprint density at radius 1 is 1.18 bits per heavy atom. The number of benzene rings is 2. The molecule has 0 saturated carbocycles. The summed E-state index contributed by atoms with van der Waals surface area (Å²) in [5.74, 6) is 0.445. The number of nitriles is 1. The van der Waals surface area contributed by atoms with Gasteiger partial charge in [0.1, 0.15) is 23.2 Å². The van der Waals surface area contributed by atoms with Crippen LogP contribution in [0.3, 0.4) is 0 Å². The predicted molar refractivity (Wildman–Crippen MR) is 132 cm³/mol. The Kier molecular flexibility index (Phi) is 6.95. The summed E-state index contributed by atoms with van der Waals surface area (Å²) in [6.45, 7) is 1.95. The van der Waals surface area contributed by atoms with Gasteiger partial charge in [0.05, 0.1) is 0 Å². The monoisotopic (exact) mass is 493 g/mol. The molecule has 0 spiro atoms. The van der Waals surface area contributed by atoms with E-state index in [1.807, 2.05) is 43.3 Å². The second-order valence-corrected chi connectivity index (χ2v) is 9.18. The summed E-state index contributed by atoms with van der Waals surface area (Å²) in [7, 11) is 0. The lowest BCUT2D eigenvalue weighted by molar-refractivity contribution is -0.112. The number of anilines is 1. The average molecular weight is 494 g/mol. The maximum Gasteiger partial charge on any atom is 0.268 e. The van der Waals surface area contributed by atoms with Crippen molar-refractivity contribution in [3.63, 3.8) is 0 Å². The van der Waals surface area contributed by atoms with Crippen molar-refractivity contribution in [3.05, 3.63) is 98.2 Å². The van der Waals surface area contributed by atoms with Crippen molar-refractivity contribution in [2.24, 2.45) is 0 Å². The third kappa shape index (κ3) is 5.71. The number of nitrogens with zero attached hydrogens (tertiary/aromatic N) is 2. The number of carbonyl (C=O) groups excluding carboxylic acids is 1. The Morgan fingerprint density at radius 2 is 1.97 bits per heavy atom. The Balaban J connectivity index is 1.44. The van der Waals surface area contributed by atoms with Gasteiger partial charge in [-0.25, -0.2) is 4.98 Å². The molecule has 0 radical (unpaired) electrons. The van der Waals surface area contributed by atoms with Crippen molar-refractivity contribution in [2.45, 2.75) is 13.3 Å². The first-order valence-corrected chi connectivity index (χ1v) is 11.5. The second kappa shape index (κ2) is 10.1. The summed E-state index contributed by atoms with van der Waals surface area (Å²) in [5, 5.41) is 13.9. The minimum absolute atomic E-state index is 0.0888. The van der Waals surface area contributed by atoms with Crippen LogP contribution in [0.1, 0.15) is 21.8 Å². The van der Waals surface area contributed by atoms with E-state index >= 15 is 0 Å². The number of hydrogen-bond donors (Lipinski definition) is 1. The molecule has 2 heterocycles. The number of aryl methyl sites for hydroxylation is 1. The number of halogens is 2. The molecule has 2 aromatic carbocycles. The summed E-state index contributed by atoms with van der Waals surface area (Å²) < 4.78 is 5.76. The fourth-order valence-electron chi connectivity index (χ4n) is 3.05. The zero-order valence-corrected chi connectivity index (χ0v) is 19.8. The molecular weight excluding hydrogens is 477 g/mol. The molecule has 4 aromatic rings. The van der Waals surface area contributed by atoms with E-state index < -0.39 is 5.91 Å². The highest BCUT2D eigenvalue weighted by Crippen LogP contribution is 2.26. The molecule has 2 aromatic heterocycles. The molecular formula is C25H17Cl2N3O2S. The van der Waals surface area contributed by atoms with E-state index in [0.717, 1.165) is 21.6 Å². The zero-order valence-electron chi connectivity index (χ0n) is 17.4. The van der Waals surface area contributed by atoms with Crippen molar-refractivity contribution >= 4 is 51.7 Å². The number of aromatic nitrogens is 1. The van der Waals surface area contributed by atoms with Gasteiger partial charge in [-0.1, -0.05) is 35.3 Å². The van der Waals surface area contributed by atoms with Crippen molar-refractivity contribution in [3.8, 4) is 17.4 Å². The lowest BCUT2D eigenvalue weighted by Gasteiger charge is -2.02. The van der Waals surface area contributed by atoms with E-state index in [1.54, 1.807) is 30.5 Å². The van der Waals surface area contributed by atoms with Gasteiger partial charge in [-0.15, -0.1) is 11.3 Å². The van der Waals surface area contributed by atoms with Crippen LogP contribution in [0, 0.1) is 18.3 Å². The Morgan fingerprint density at radius 3 is 2.70 bits per heavy atom. The summed E-state index contributed by atoms with van der Waals surface area (Å²) in [4.78, 5) is 17.8. The number of carbonyl (C=O) groups is 1. The maximum absolute atomic E-state index is 12.6. The van der Waals surface area contributed by atoms with E-state index in [4.69, 9.17) is 27.6 Å². The number of nitrogens with one attached hydrogen (secondary N) is 1. The normalized spacial score (nSPS) is 11.3. The highest BCUT2D eigenvalue weighted by molar-refractivity contribution is 7.15. The van der Waals surface area contributed by atoms with Gasteiger partial charge in [0, 0.05) is 39.2 Å². The minimum Gasteiger partial charge on any atom is -0.457 e. The number of rotatable bonds is 6. The molecule has 33 heavy (non-hydrogen) atoms. The number of amides is 1. The molecule has 5 nitrogen and oxygen atoms in total. The molecule has 0 bridgehead atoms. The van der Waals surface area contributed by atoms with Gasteiger partial charge in [0.2, 0.25) is 0 Å². The fraction of sp³-hybridized carbons (Fsp3) is 0.0800. The molecule has 164 valence electrons. The van der Waals surface area contributed by atoms with Gasteiger partial charge in [-0.05, 0) is 60.5 Å². The predicted octanol–water partition coefficient (Wildman–Crippen LogP) is 7.15. The topological polar surface area (TPSA) is 78.9 Å². The van der Waals surface area contributed by atoms with E-state index in [1.165, 1.54) is 17.4 Å². The Bertz CT molecular complexity index is 1380. The largest absolute Gasteiger partial charge is 0.457 e. The van der Waals surface area contributed by atoms with Crippen LogP contribution in [0.15, 0.2) is 70.8 Å². The van der Waals surface area contributed by atoms with Gasteiger partial charge in [-0.3, -0.25) is 10.1 Å². The molecule has 0 aliphatic rings. The van der Waals surface area contributed by atoms with Crippen LogP contribution < -0.4 is 5.32 Å². The second-order valence-electron chi connectivity index (χ2n) is 7.22. The van der Waals surface area contributed by atoms with Crippen molar-refractivity contribution in [1.29, 1.82) is 5.26 Å². The molecule has 0 atom stereocenters. The maximum atomic E-state index is 12.6. The molecule has 1 amide bonds. The van der Waals surface area contributed by atoms with Crippen molar-refractivity contribution in [1.82, 2.24) is 4.98 Å². The third-order valence-electron chi connectivity index (χ3n) is 4.80. The Hall–Kier alpha value is -3.37. The summed E-state index contributed by atoms with van der Waals surface area (Å²) in [6, 6.07) is 18.5. The first kappa shape index (κ1) is 22.8. The molecule has 4 rings (SSSR count). The van der Waals surface area contributed by atoms with E-state index in [0.29, 0.717) is 33.1 Å². The lowest BCUT2D eigenvalue weighted by atomic mass is 10.1. The molecule has 0 aliphatic heterocycles. The van der Waals surface area contributed by atoms with E-state index in [9.17, 15) is 10.1 Å². The quantitative estimate of drug-likeness (QED) is 0.228. The van der Waals surface area contributed by atoms with E-state index in [2.05, 4.69) is 10.3 Å². The first-order valence-electron chi connectivity index (χ1n) is 9.90. The van der Waals surface area contributed by atoms with Crippen molar-refractivity contribution in [2.75, 3.05) is 5.32 Å². The van der Waals surface area contributed by atoms with Gasteiger partial charge in [0.25, 0.3) is 5.91 Å². The van der Waals surface area contributed by atoms with E-state index in [-0.39, 0.29) is 5.57 Å². The van der Waals surface area contributed by atoms with Crippen LogP contribution in [0.25, 0.3) is 17.4 Å². The van der Waals surface area contributed by atoms with Crippen LogP contribution >= 0.6 is 34.5 Å². The SMILES string of the molecule is Cc1ccc(Cc2cnc(NC(=O)/C(C#N)=C/c3ccc(-c4ccc(Cl)cc4)o3)s2)cc1Cl. The van der Waals surface area contributed by atoms with Crippen LogP contribution in [0.2, 0.25) is 10.0 Å². The van der Waals surface area contributed by atoms with Gasteiger partial charge >= 0.3 is 0 Å². The third-order valence-corrected chi connectivity index (χ3v) is 6.37. The summed E-state index contributed by atoms with van der Waals surface area (Å²) in [6.07, 6.45) is 3.75. The van der Waals surface area contributed by atoms with Crippen LogP contribution in [-0.2, 0) is 11.2 Å². The highest BCUT2D eigenvalue weighted by atomic mass is 35.5. The first-order chi connectivity index (χ1) is 15.9. The lowest BCUT2D eigenvalue weighted by Crippen LogP contribution is -2.13. The summed E-state index contributed by atoms with van der Waals surface area (Å²) >= 11 is 13.5. The smallest absolute Gasteiger partial charge is 0.268 e. The highest BCUT2D eigenvalue weighted by Gasteiger charge is 2.14. The summed E-state index contributed by atoms with van der Waals surface area (Å²) in [5.41, 5.74) is 2.82. The van der Waals surface area contributed by atoms with Crippen molar-refractivity contribution < 1.29 is 9.21 Å². The Labute approximate surface area is 204 Å². The standard InChI is InChI=1S/C25H17Cl2N3O2S/c1-15-2-3-16(11-22(15)27)10-21-14-29-25(33-21)30-24(31)18(13-28)12-20-8-9-23(32-20)17-4-6-19(26)7-5-17/h2-9,11-12,14H,10H2,1H3,(H,29,30,31)/b18-12+. The fourth-order valence-corrected chi connectivity index (χ4v) is 4.22. The zero-order chi connectivity index (χ0) is 23.4.